The molecule has 1 aliphatic heterocycles. The SMILES string of the molecule is CN1CC(C)(C)CN(C)[PH2+]1. The highest BCUT2D eigenvalue weighted by Gasteiger charge is 2.31. The highest BCUT2D eigenvalue weighted by Crippen LogP contribution is 2.34. The van der Waals surface area contributed by atoms with Gasteiger partial charge in [-0.25, -0.2) is 0 Å². The van der Waals surface area contributed by atoms with E-state index < -0.39 is 0 Å². The molecule has 2 nitrogen and oxygen atoms in total. The molecule has 1 fully saturated rings. The summed E-state index contributed by atoms with van der Waals surface area (Å²) in [4.78, 5) is 0. The van der Waals surface area contributed by atoms with Crippen molar-refractivity contribution in [3.8, 4) is 0 Å². The molecule has 1 heterocycles. The second-order valence-electron chi connectivity index (χ2n) is 4.11. The Labute approximate surface area is 65.5 Å². The normalized spacial score (nSPS) is 28.8. The molecule has 0 unspecified atom stereocenters. The van der Waals surface area contributed by atoms with Crippen molar-refractivity contribution < 1.29 is 0 Å². The Hall–Kier alpha value is 0.350. The van der Waals surface area contributed by atoms with Crippen LogP contribution in [0.15, 0.2) is 0 Å². The van der Waals surface area contributed by atoms with Gasteiger partial charge in [-0.05, 0) is 5.41 Å². The number of nitrogens with zero attached hydrogens (tertiary/aromatic N) is 2. The van der Waals surface area contributed by atoms with E-state index in [0.717, 1.165) is 0 Å². The fourth-order valence-electron chi connectivity index (χ4n) is 1.82. The topological polar surface area (TPSA) is 6.48 Å². The van der Waals surface area contributed by atoms with Gasteiger partial charge in [0, 0.05) is 27.2 Å². The quantitative estimate of drug-likeness (QED) is 0.491. The Morgan fingerprint density at radius 1 is 1.10 bits per heavy atom. The van der Waals surface area contributed by atoms with Gasteiger partial charge in [-0.1, -0.05) is 13.8 Å². The molecule has 60 valence electrons. The molecular weight excluding hydrogens is 143 g/mol. The van der Waals surface area contributed by atoms with Crippen LogP contribution in [-0.2, 0) is 0 Å². The molecule has 0 radical (unpaired) electrons. The first kappa shape index (κ1) is 8.45. The molecule has 1 saturated heterocycles. The average Bonchev–Trinajstić information content (AvgIpc) is 1.54. The molecule has 1 rings (SSSR count). The van der Waals surface area contributed by atoms with Crippen LogP contribution in [0, 0.1) is 5.41 Å². The Morgan fingerprint density at radius 2 is 1.50 bits per heavy atom. The smallest absolute Gasteiger partial charge is 0.125 e. The van der Waals surface area contributed by atoms with Crippen molar-refractivity contribution in [2.75, 3.05) is 27.2 Å². The monoisotopic (exact) mass is 161 g/mol. The molecule has 0 spiro atoms. The van der Waals surface area contributed by atoms with E-state index in [9.17, 15) is 0 Å². The summed E-state index contributed by atoms with van der Waals surface area (Å²) in [6, 6.07) is 0. The van der Waals surface area contributed by atoms with Crippen LogP contribution in [0.1, 0.15) is 13.8 Å². The van der Waals surface area contributed by atoms with Crippen LogP contribution in [0.2, 0.25) is 0 Å². The van der Waals surface area contributed by atoms with E-state index in [1.165, 1.54) is 13.1 Å². The minimum Gasteiger partial charge on any atom is -0.170 e. The van der Waals surface area contributed by atoms with E-state index in [2.05, 4.69) is 37.3 Å². The van der Waals surface area contributed by atoms with E-state index in [4.69, 9.17) is 0 Å². The molecular formula is C7H18N2P+. The van der Waals surface area contributed by atoms with Crippen molar-refractivity contribution in [3.05, 3.63) is 0 Å². The largest absolute Gasteiger partial charge is 0.170 e. The van der Waals surface area contributed by atoms with Crippen LogP contribution < -0.4 is 0 Å². The zero-order valence-corrected chi connectivity index (χ0v) is 8.54. The predicted octanol–water partition coefficient (Wildman–Crippen LogP) is 1.13. The maximum absolute atomic E-state index is 2.45. The van der Waals surface area contributed by atoms with Gasteiger partial charge in [-0.15, -0.1) is 0 Å². The third kappa shape index (κ3) is 2.19. The third-order valence-electron chi connectivity index (χ3n) is 1.75. The van der Waals surface area contributed by atoms with E-state index in [1.54, 1.807) is 0 Å². The molecule has 0 aromatic carbocycles. The Kier molecular flexibility index (Phi) is 2.34. The zero-order valence-electron chi connectivity index (χ0n) is 7.39. The highest BCUT2D eigenvalue weighted by atomic mass is 31.1. The van der Waals surface area contributed by atoms with Gasteiger partial charge in [0.25, 0.3) is 0 Å². The number of rotatable bonds is 0. The molecule has 0 aromatic rings. The molecule has 3 heteroatoms. The van der Waals surface area contributed by atoms with Gasteiger partial charge in [0.2, 0.25) is 0 Å². The summed E-state index contributed by atoms with van der Waals surface area (Å²) >= 11 is 0. The Morgan fingerprint density at radius 3 is 1.80 bits per heavy atom. The molecule has 0 aromatic heterocycles. The standard InChI is InChI=1S/C7H17N2P/c1-7(2)5-8(3)10-9(4)6-7/h10H,5-6H2,1-4H3/p+1. The summed E-state index contributed by atoms with van der Waals surface area (Å²) in [6.07, 6.45) is 0. The van der Waals surface area contributed by atoms with Gasteiger partial charge in [0.05, 0.1) is 0 Å². The summed E-state index contributed by atoms with van der Waals surface area (Å²) < 4.78 is 4.90. The lowest BCUT2D eigenvalue weighted by Gasteiger charge is -2.35. The predicted molar refractivity (Wildman–Crippen MR) is 48.8 cm³/mol. The van der Waals surface area contributed by atoms with Crippen molar-refractivity contribution in [2.45, 2.75) is 13.8 Å². The first-order valence-corrected chi connectivity index (χ1v) is 4.78. The summed E-state index contributed by atoms with van der Waals surface area (Å²) in [7, 11) is 4.85. The molecule has 0 atom stereocenters. The maximum Gasteiger partial charge on any atom is 0.125 e. The molecule has 0 aliphatic carbocycles. The van der Waals surface area contributed by atoms with Gasteiger partial charge in [0.15, 0.2) is 0 Å². The first-order chi connectivity index (χ1) is 4.49. The molecule has 0 bridgehead atoms. The van der Waals surface area contributed by atoms with Crippen molar-refractivity contribution in [2.24, 2.45) is 5.41 Å². The zero-order chi connectivity index (χ0) is 7.78. The first-order valence-electron chi connectivity index (χ1n) is 3.75. The van der Waals surface area contributed by atoms with E-state index in [-0.39, 0.29) is 0 Å². The lowest BCUT2D eigenvalue weighted by atomic mass is 9.93. The van der Waals surface area contributed by atoms with E-state index >= 15 is 0 Å². The lowest BCUT2D eigenvalue weighted by Crippen LogP contribution is -2.41. The van der Waals surface area contributed by atoms with E-state index in [1.807, 2.05) is 0 Å². The molecule has 0 amide bonds. The van der Waals surface area contributed by atoms with Gasteiger partial charge < -0.3 is 0 Å². The average molecular weight is 161 g/mol. The minimum absolute atomic E-state index is 0.419. The van der Waals surface area contributed by atoms with Crippen LogP contribution in [0.5, 0.6) is 0 Å². The Bertz CT molecular complexity index is 113. The lowest BCUT2D eigenvalue weighted by molar-refractivity contribution is 0.210. The van der Waals surface area contributed by atoms with Gasteiger partial charge >= 0.3 is 0 Å². The summed E-state index contributed by atoms with van der Waals surface area (Å²) in [6.45, 7) is 7.18. The van der Waals surface area contributed by atoms with Crippen molar-refractivity contribution in [1.29, 1.82) is 0 Å². The molecule has 0 N–H and O–H groups in total. The molecule has 1 aliphatic rings. The van der Waals surface area contributed by atoms with Crippen LogP contribution in [0.3, 0.4) is 0 Å². The summed E-state index contributed by atoms with van der Waals surface area (Å²) in [5, 5.41) is 0. The fraction of sp³-hybridized carbons (Fsp3) is 1.00. The third-order valence-corrected chi connectivity index (χ3v) is 2.90. The second-order valence-corrected chi connectivity index (χ2v) is 6.10. The number of hydrogen-bond acceptors (Lipinski definition) is 2. The van der Waals surface area contributed by atoms with Crippen LogP contribution in [0.4, 0.5) is 0 Å². The van der Waals surface area contributed by atoms with Gasteiger partial charge in [-0.3, -0.25) is 0 Å². The van der Waals surface area contributed by atoms with Crippen molar-refractivity contribution >= 4 is 8.88 Å². The molecule has 10 heavy (non-hydrogen) atoms. The Balaban J connectivity index is 2.51. The summed E-state index contributed by atoms with van der Waals surface area (Å²) in [5.74, 6) is 0. The maximum atomic E-state index is 2.45. The van der Waals surface area contributed by atoms with E-state index in [0.29, 0.717) is 14.3 Å². The fourth-order valence-corrected chi connectivity index (χ4v) is 3.64. The molecule has 0 saturated carbocycles. The summed E-state index contributed by atoms with van der Waals surface area (Å²) in [5.41, 5.74) is 0.495. The van der Waals surface area contributed by atoms with Crippen LogP contribution in [-0.4, -0.2) is 36.5 Å². The van der Waals surface area contributed by atoms with Gasteiger partial charge in [-0.2, -0.15) is 9.34 Å². The number of hydrogen-bond donors (Lipinski definition) is 0. The van der Waals surface area contributed by atoms with Crippen molar-refractivity contribution in [1.82, 2.24) is 9.34 Å². The second kappa shape index (κ2) is 2.77. The minimum atomic E-state index is 0.419. The highest BCUT2D eigenvalue weighted by molar-refractivity contribution is 7.32. The van der Waals surface area contributed by atoms with Crippen LogP contribution in [0.25, 0.3) is 0 Å². The van der Waals surface area contributed by atoms with Crippen LogP contribution >= 0.6 is 8.88 Å². The van der Waals surface area contributed by atoms with Crippen molar-refractivity contribution in [3.63, 3.8) is 0 Å². The van der Waals surface area contributed by atoms with Gasteiger partial charge in [0.1, 0.15) is 8.88 Å².